The molecule has 10 nitrogen and oxygen atoms in total. The summed E-state index contributed by atoms with van der Waals surface area (Å²) in [6.07, 6.45) is 1.95. The van der Waals surface area contributed by atoms with Crippen molar-refractivity contribution in [3.05, 3.63) is 0 Å². The molecule has 9 N–H and O–H groups in total. The predicted molar refractivity (Wildman–Crippen MR) is 120 cm³/mol. The molecule has 0 radical (unpaired) electrons. The smallest absolute Gasteiger partial charge is 0.204 e. The number of rotatable bonds is 16. The number of aliphatic hydroxyl groups excluding tert-OH is 4. The Labute approximate surface area is 182 Å². The van der Waals surface area contributed by atoms with Crippen molar-refractivity contribution in [1.29, 1.82) is 0 Å². The van der Waals surface area contributed by atoms with Crippen LogP contribution < -0.4 is 16.8 Å². The summed E-state index contributed by atoms with van der Waals surface area (Å²) in [4.78, 5) is 8.58. The molecule has 0 rings (SSSR count). The number of hydrogen-bond donors (Lipinski definition) is 7. The summed E-state index contributed by atoms with van der Waals surface area (Å²) in [7, 11) is 0. The van der Waals surface area contributed by atoms with Crippen molar-refractivity contribution in [1.82, 2.24) is 5.32 Å². The number of nitrogens with one attached hydrogen (secondary N) is 1. The first-order valence-electron chi connectivity index (χ1n) is 10.8. The Morgan fingerprint density at radius 1 is 0.867 bits per heavy atom. The van der Waals surface area contributed by atoms with Crippen LogP contribution in [-0.4, -0.2) is 97.3 Å². The molecule has 1 atom stereocenters. The molecule has 0 saturated heterocycles. The van der Waals surface area contributed by atoms with Crippen LogP contribution in [0.15, 0.2) is 0 Å². The van der Waals surface area contributed by atoms with Crippen LogP contribution in [0.25, 0.3) is 0 Å². The molecular weight excluding hydrogens is 394 g/mol. The van der Waals surface area contributed by atoms with E-state index >= 15 is 0 Å². The summed E-state index contributed by atoms with van der Waals surface area (Å²) in [5.74, 6) is 0. The van der Waals surface area contributed by atoms with Gasteiger partial charge in [0.15, 0.2) is 0 Å². The largest absolute Gasteiger partial charge is 0.394 e. The lowest BCUT2D eigenvalue weighted by Crippen LogP contribution is -2.42. The lowest BCUT2D eigenvalue weighted by molar-refractivity contribution is -0.106. The van der Waals surface area contributed by atoms with Crippen molar-refractivity contribution in [2.24, 2.45) is 11.5 Å². The van der Waals surface area contributed by atoms with E-state index in [4.69, 9.17) is 40.4 Å². The minimum atomic E-state index is -0.621. The molecule has 0 bridgehead atoms. The third-order valence-electron chi connectivity index (χ3n) is 3.40. The summed E-state index contributed by atoms with van der Waals surface area (Å²) in [5.41, 5.74) is 9.87. The van der Waals surface area contributed by atoms with Gasteiger partial charge in [0.25, 0.3) is 0 Å². The highest BCUT2D eigenvalue weighted by Gasteiger charge is 2.15. The zero-order valence-electron chi connectivity index (χ0n) is 19.6. The van der Waals surface area contributed by atoms with Gasteiger partial charge in [0.05, 0.1) is 45.7 Å². The van der Waals surface area contributed by atoms with Gasteiger partial charge in [-0.15, -0.1) is 0 Å². The molecule has 0 aromatic heterocycles. The second-order valence-electron chi connectivity index (χ2n) is 5.90. The lowest BCUT2D eigenvalue weighted by atomic mass is 10.1. The SMILES string of the molecule is CC.CC.CC(N)CCCCNC(COC(CO)CO)COC(CO)CO.NC=O. The number of primary amides is 1. The summed E-state index contributed by atoms with van der Waals surface area (Å²) >= 11 is 0. The number of amides is 1. The van der Waals surface area contributed by atoms with Crippen molar-refractivity contribution >= 4 is 6.41 Å². The molecule has 0 saturated carbocycles. The quantitative estimate of drug-likeness (QED) is 0.120. The maximum Gasteiger partial charge on any atom is 0.204 e. The van der Waals surface area contributed by atoms with Crippen molar-refractivity contribution in [3.63, 3.8) is 0 Å². The second kappa shape index (κ2) is 32.8. The van der Waals surface area contributed by atoms with Crippen molar-refractivity contribution in [3.8, 4) is 0 Å². The van der Waals surface area contributed by atoms with Gasteiger partial charge < -0.3 is 46.7 Å². The molecule has 0 spiro atoms. The molecule has 0 aromatic rings. The molecule has 0 aliphatic heterocycles. The zero-order chi connectivity index (χ0) is 24.2. The lowest BCUT2D eigenvalue weighted by Gasteiger charge is -2.23. The van der Waals surface area contributed by atoms with Crippen LogP contribution in [0.2, 0.25) is 0 Å². The molecule has 1 amide bonds. The molecule has 0 fully saturated rings. The van der Waals surface area contributed by atoms with Crippen LogP contribution in [-0.2, 0) is 14.3 Å². The Morgan fingerprint density at radius 3 is 1.53 bits per heavy atom. The van der Waals surface area contributed by atoms with Crippen molar-refractivity contribution in [2.75, 3.05) is 46.2 Å². The van der Waals surface area contributed by atoms with Gasteiger partial charge in [-0.05, 0) is 26.3 Å². The van der Waals surface area contributed by atoms with Crippen molar-refractivity contribution < 1.29 is 34.7 Å². The zero-order valence-corrected chi connectivity index (χ0v) is 19.6. The highest BCUT2D eigenvalue weighted by atomic mass is 16.5. The maximum absolute atomic E-state index is 9.02. The minimum Gasteiger partial charge on any atom is -0.394 e. The summed E-state index contributed by atoms with van der Waals surface area (Å²) in [5, 5.41) is 39.3. The van der Waals surface area contributed by atoms with Gasteiger partial charge in [-0.1, -0.05) is 34.1 Å². The average Bonchev–Trinajstić information content (AvgIpc) is 2.77. The summed E-state index contributed by atoms with van der Waals surface area (Å²) in [6.45, 7) is 10.2. The number of nitrogens with two attached hydrogens (primary N) is 2. The highest BCUT2D eigenvalue weighted by Crippen LogP contribution is 2.00. The van der Waals surface area contributed by atoms with Gasteiger partial charge in [0.2, 0.25) is 6.41 Å². The van der Waals surface area contributed by atoms with E-state index in [1.807, 2.05) is 34.6 Å². The molecule has 1 unspecified atom stereocenters. The fraction of sp³-hybridized carbons (Fsp3) is 0.950. The third kappa shape index (κ3) is 29.4. The van der Waals surface area contributed by atoms with Crippen molar-refractivity contribution in [2.45, 2.75) is 78.2 Å². The van der Waals surface area contributed by atoms with E-state index in [1.54, 1.807) is 0 Å². The Bertz CT molecular complexity index is 278. The molecule has 30 heavy (non-hydrogen) atoms. The monoisotopic (exact) mass is 443 g/mol. The number of ether oxygens (including phenoxy) is 2. The Balaban J connectivity index is -0.000000427. The van der Waals surface area contributed by atoms with Gasteiger partial charge in [-0.3, -0.25) is 4.79 Å². The van der Waals surface area contributed by atoms with Gasteiger partial charge in [0, 0.05) is 6.04 Å². The highest BCUT2D eigenvalue weighted by molar-refractivity contribution is 5.42. The molecule has 10 heteroatoms. The first kappa shape index (κ1) is 36.5. The average molecular weight is 444 g/mol. The van der Waals surface area contributed by atoms with Crippen LogP contribution in [0.4, 0.5) is 0 Å². The number of carbonyl (C=O) groups excluding carboxylic acids is 1. The van der Waals surface area contributed by atoms with Crippen LogP contribution in [0, 0.1) is 0 Å². The number of carbonyl (C=O) groups is 1. The number of aliphatic hydroxyl groups is 4. The maximum atomic E-state index is 9.02. The fourth-order valence-electron chi connectivity index (χ4n) is 1.89. The Kier molecular flexibility index (Phi) is 39.9. The van der Waals surface area contributed by atoms with Crippen LogP contribution in [0.3, 0.4) is 0 Å². The Hall–Kier alpha value is -0.850. The summed E-state index contributed by atoms with van der Waals surface area (Å²) < 4.78 is 10.8. The van der Waals surface area contributed by atoms with E-state index in [-0.39, 0.29) is 58.1 Å². The Morgan fingerprint density at radius 2 is 1.23 bits per heavy atom. The van der Waals surface area contributed by atoms with Gasteiger partial charge in [-0.25, -0.2) is 0 Å². The fourth-order valence-corrected chi connectivity index (χ4v) is 1.89. The van der Waals surface area contributed by atoms with Crippen LogP contribution >= 0.6 is 0 Å². The standard InChI is InChI=1S/C15H34N2O6.2C2H6.CH3NO/c1-12(16)4-2-3-5-17-13(10-22-14(6-18)7-19)11-23-15(8-20)9-21;2*1-2;2-1-3/h12-15,17-21H,2-11,16H2,1H3;2*1-2H3;1H,(H2,2,3). The first-order chi connectivity index (χ1) is 14.5. The van der Waals surface area contributed by atoms with Crippen LogP contribution in [0.1, 0.15) is 53.9 Å². The number of unbranched alkanes of at least 4 members (excludes halogenated alkanes) is 1. The normalized spacial score (nSPS) is 11.1. The molecule has 0 heterocycles. The molecule has 186 valence electrons. The topological polar surface area (TPSA) is 181 Å². The van der Waals surface area contributed by atoms with E-state index in [0.717, 1.165) is 25.8 Å². The second-order valence-corrected chi connectivity index (χ2v) is 5.90. The van der Waals surface area contributed by atoms with E-state index in [1.165, 1.54) is 0 Å². The van der Waals surface area contributed by atoms with E-state index in [0.29, 0.717) is 0 Å². The molecule has 0 aromatic carbocycles. The van der Waals surface area contributed by atoms with E-state index in [9.17, 15) is 0 Å². The van der Waals surface area contributed by atoms with E-state index in [2.05, 4.69) is 11.1 Å². The van der Waals surface area contributed by atoms with Crippen LogP contribution in [0.5, 0.6) is 0 Å². The van der Waals surface area contributed by atoms with Gasteiger partial charge >= 0.3 is 0 Å². The predicted octanol–water partition coefficient (Wildman–Crippen LogP) is -0.644. The first-order valence-corrected chi connectivity index (χ1v) is 10.8. The minimum absolute atomic E-state index is 0.161. The summed E-state index contributed by atoms with van der Waals surface area (Å²) in [6, 6.07) is 0.0358. The molecule has 0 aliphatic carbocycles. The van der Waals surface area contributed by atoms with Gasteiger partial charge in [0.1, 0.15) is 12.2 Å². The molecular formula is C20H49N3O7. The van der Waals surface area contributed by atoms with Gasteiger partial charge in [-0.2, -0.15) is 0 Å². The number of hydrogen-bond acceptors (Lipinski definition) is 9. The van der Waals surface area contributed by atoms with E-state index < -0.39 is 12.2 Å². The molecule has 0 aliphatic rings. The third-order valence-corrected chi connectivity index (χ3v) is 3.40.